The van der Waals surface area contributed by atoms with E-state index >= 15 is 0 Å². The summed E-state index contributed by atoms with van der Waals surface area (Å²) in [6.07, 6.45) is 1.99. The summed E-state index contributed by atoms with van der Waals surface area (Å²) in [5, 5.41) is 0. The summed E-state index contributed by atoms with van der Waals surface area (Å²) in [6, 6.07) is 8.96. The lowest BCUT2D eigenvalue weighted by atomic mass is 9.90. The number of hydrogen-bond donors (Lipinski definition) is 0. The van der Waals surface area contributed by atoms with E-state index in [4.69, 9.17) is 18.9 Å². The topological polar surface area (TPSA) is 36.9 Å². The van der Waals surface area contributed by atoms with E-state index in [0.717, 1.165) is 46.9 Å². The molecule has 2 aliphatic rings. The highest BCUT2D eigenvalue weighted by molar-refractivity contribution is 5.66. The summed E-state index contributed by atoms with van der Waals surface area (Å²) in [7, 11) is 9.09. The number of benzene rings is 2. The molecule has 2 unspecified atom stereocenters. The largest absolute Gasteiger partial charge is 0.493 e. The van der Waals surface area contributed by atoms with Crippen molar-refractivity contribution >= 4 is 5.69 Å². The van der Waals surface area contributed by atoms with Gasteiger partial charge in [0.2, 0.25) is 0 Å². The number of fused-ring (bicyclic) bond motifs is 5. The first kappa shape index (κ1) is 17.0. The maximum Gasteiger partial charge on any atom is 0.166 e. The van der Waals surface area contributed by atoms with Crippen molar-refractivity contribution in [2.24, 2.45) is 0 Å². The van der Waals surface area contributed by atoms with Crippen LogP contribution < -0.4 is 23.4 Å². The van der Waals surface area contributed by atoms with E-state index in [9.17, 15) is 0 Å². The third kappa shape index (κ3) is 2.27. The predicted molar refractivity (Wildman–Crippen MR) is 102 cm³/mol. The Morgan fingerprint density at radius 2 is 1.31 bits per heavy atom. The molecular formula is C21H26NO4+. The van der Waals surface area contributed by atoms with Crippen molar-refractivity contribution in [3.63, 3.8) is 0 Å². The first-order valence-electron chi connectivity index (χ1n) is 8.91. The number of methoxy groups -OCH3 is 4. The van der Waals surface area contributed by atoms with E-state index in [1.54, 1.807) is 28.4 Å². The van der Waals surface area contributed by atoms with E-state index in [0.29, 0.717) is 6.04 Å². The molecule has 4 rings (SSSR count). The summed E-state index contributed by atoms with van der Waals surface area (Å²) in [6.45, 7) is 1.05. The van der Waals surface area contributed by atoms with Crippen LogP contribution in [0.3, 0.4) is 0 Å². The fourth-order valence-corrected chi connectivity index (χ4v) is 4.64. The highest BCUT2D eigenvalue weighted by atomic mass is 16.5. The van der Waals surface area contributed by atoms with Crippen LogP contribution in [0.4, 0.5) is 5.69 Å². The van der Waals surface area contributed by atoms with E-state index in [-0.39, 0.29) is 0 Å². The fourth-order valence-electron chi connectivity index (χ4n) is 4.64. The van der Waals surface area contributed by atoms with Gasteiger partial charge in [0.25, 0.3) is 0 Å². The molecule has 5 heteroatoms. The molecule has 5 nitrogen and oxygen atoms in total. The molecule has 0 saturated heterocycles. The van der Waals surface area contributed by atoms with Gasteiger partial charge in [0.1, 0.15) is 11.7 Å². The second-order valence-corrected chi connectivity index (χ2v) is 7.20. The van der Waals surface area contributed by atoms with Crippen LogP contribution in [0.25, 0.3) is 0 Å². The Kier molecular flexibility index (Phi) is 3.99. The molecule has 2 aromatic rings. The van der Waals surface area contributed by atoms with Crippen LogP contribution in [0.2, 0.25) is 0 Å². The van der Waals surface area contributed by atoms with Crippen LogP contribution in [-0.2, 0) is 12.8 Å². The quantitative estimate of drug-likeness (QED) is 0.786. The first-order chi connectivity index (χ1) is 12.5. The van der Waals surface area contributed by atoms with Crippen molar-refractivity contribution < 1.29 is 18.9 Å². The zero-order valence-electron chi connectivity index (χ0n) is 16.1. The average molecular weight is 356 g/mol. The number of likely N-dealkylation sites (N-methyl/N-ethyl adjacent to an activating group) is 1. The second kappa shape index (κ2) is 6.09. The summed E-state index contributed by atoms with van der Waals surface area (Å²) in [5.74, 6) is 3.20. The molecule has 0 spiro atoms. The van der Waals surface area contributed by atoms with Gasteiger partial charge >= 0.3 is 0 Å². The third-order valence-electron chi connectivity index (χ3n) is 6.09. The van der Waals surface area contributed by atoms with Gasteiger partial charge in [0.15, 0.2) is 23.0 Å². The molecular weight excluding hydrogens is 330 g/mol. The normalized spacial score (nSPS) is 22.9. The van der Waals surface area contributed by atoms with Crippen molar-refractivity contribution in [2.75, 3.05) is 42.0 Å². The van der Waals surface area contributed by atoms with Crippen molar-refractivity contribution in [1.82, 2.24) is 4.48 Å². The zero-order chi connectivity index (χ0) is 18.5. The van der Waals surface area contributed by atoms with Gasteiger partial charge in [-0.1, -0.05) is 0 Å². The van der Waals surface area contributed by atoms with Gasteiger partial charge in [-0.2, -0.15) is 0 Å². The van der Waals surface area contributed by atoms with Gasteiger partial charge in [-0.3, -0.25) is 4.48 Å². The second-order valence-electron chi connectivity index (χ2n) is 7.20. The molecule has 0 saturated carbocycles. The van der Waals surface area contributed by atoms with Gasteiger partial charge < -0.3 is 18.9 Å². The first-order valence-corrected chi connectivity index (χ1v) is 8.91. The van der Waals surface area contributed by atoms with Gasteiger partial charge in [-0.25, -0.2) is 0 Å². The molecule has 0 radical (unpaired) electrons. The number of nitrogens with zero attached hydrogens (tertiary/aromatic N) is 1. The molecule has 2 aromatic carbocycles. The molecule has 0 fully saturated rings. The predicted octanol–water partition coefficient (Wildman–Crippen LogP) is 3.51. The Bertz CT molecular complexity index is 864. The summed E-state index contributed by atoms with van der Waals surface area (Å²) < 4.78 is 23.0. The van der Waals surface area contributed by atoms with E-state index in [2.05, 4.69) is 31.3 Å². The Hall–Kier alpha value is -2.40. The molecule has 0 amide bonds. The Morgan fingerprint density at radius 3 is 1.92 bits per heavy atom. The molecule has 2 heterocycles. The van der Waals surface area contributed by atoms with Crippen molar-refractivity contribution in [3.8, 4) is 23.0 Å². The van der Waals surface area contributed by atoms with Crippen LogP contribution in [0.5, 0.6) is 23.0 Å². The summed E-state index contributed by atoms with van der Waals surface area (Å²) in [4.78, 5) is 0. The number of quaternary nitrogens is 1. The molecule has 0 N–H and O–H groups in total. The maximum atomic E-state index is 5.56. The Balaban J connectivity index is 1.84. The molecule has 138 valence electrons. The Labute approximate surface area is 154 Å². The van der Waals surface area contributed by atoms with Crippen LogP contribution in [0, 0.1) is 0 Å². The minimum absolute atomic E-state index is 0.366. The van der Waals surface area contributed by atoms with Crippen molar-refractivity contribution in [3.05, 3.63) is 41.0 Å². The van der Waals surface area contributed by atoms with Crippen LogP contribution in [-0.4, -0.2) is 42.0 Å². The zero-order valence-corrected chi connectivity index (χ0v) is 16.1. The van der Waals surface area contributed by atoms with Gasteiger partial charge in [0.05, 0.1) is 42.0 Å². The fraction of sp³-hybridized carbons (Fsp3) is 0.429. The van der Waals surface area contributed by atoms with E-state index in [1.165, 1.54) is 22.4 Å². The monoisotopic (exact) mass is 356 g/mol. The SMILES string of the molecule is COc1cc2c(cc1OC)C1Cc3cc(OC)c(OC)cc3[N+]1(C)CC2. The summed E-state index contributed by atoms with van der Waals surface area (Å²) >= 11 is 0. The lowest BCUT2D eigenvalue weighted by molar-refractivity contribution is 0.250. The van der Waals surface area contributed by atoms with Gasteiger partial charge in [-0.15, -0.1) is 0 Å². The van der Waals surface area contributed by atoms with Crippen molar-refractivity contribution in [1.29, 1.82) is 0 Å². The minimum Gasteiger partial charge on any atom is -0.493 e. The lowest BCUT2D eigenvalue weighted by Crippen LogP contribution is -2.50. The molecule has 0 bridgehead atoms. The minimum atomic E-state index is 0.366. The highest BCUT2D eigenvalue weighted by Crippen LogP contribution is 2.52. The van der Waals surface area contributed by atoms with Gasteiger partial charge in [0, 0.05) is 30.0 Å². The Morgan fingerprint density at radius 1 is 0.769 bits per heavy atom. The number of ether oxygens (including phenoxy) is 4. The number of hydrogen-bond acceptors (Lipinski definition) is 4. The average Bonchev–Trinajstić information content (AvgIpc) is 2.97. The molecule has 0 aliphatic carbocycles. The van der Waals surface area contributed by atoms with E-state index in [1.807, 2.05) is 0 Å². The highest BCUT2D eigenvalue weighted by Gasteiger charge is 2.48. The molecule has 2 atom stereocenters. The number of rotatable bonds is 4. The molecule has 26 heavy (non-hydrogen) atoms. The standard InChI is InChI=1S/C21H26NO4/c1-22-7-6-13-9-18(23-2)20(25-4)11-15(13)17(22)8-14-10-19(24-3)21(26-5)12-16(14)22/h9-12,17H,6-8H2,1-5H3/q+1. The molecule has 2 aliphatic heterocycles. The summed E-state index contributed by atoms with van der Waals surface area (Å²) in [5.41, 5.74) is 5.37. The smallest absolute Gasteiger partial charge is 0.166 e. The van der Waals surface area contributed by atoms with Gasteiger partial charge in [-0.05, 0) is 23.8 Å². The van der Waals surface area contributed by atoms with Crippen LogP contribution in [0.15, 0.2) is 24.3 Å². The van der Waals surface area contributed by atoms with E-state index < -0.39 is 0 Å². The lowest BCUT2D eigenvalue weighted by Gasteiger charge is -2.41. The third-order valence-corrected chi connectivity index (χ3v) is 6.09. The van der Waals surface area contributed by atoms with Crippen molar-refractivity contribution in [2.45, 2.75) is 18.9 Å². The maximum absolute atomic E-state index is 5.56. The molecule has 0 aromatic heterocycles. The van der Waals surface area contributed by atoms with Crippen LogP contribution in [0.1, 0.15) is 22.7 Å². The van der Waals surface area contributed by atoms with Crippen LogP contribution >= 0.6 is 0 Å².